The SMILES string of the molecule is CNc1c(CSc2ccc(Cl)c(Cl)c2)cccc1[N+](=O)[O-]. The van der Waals surface area contributed by atoms with Gasteiger partial charge in [-0.1, -0.05) is 35.3 Å². The number of thioether (sulfide) groups is 1. The van der Waals surface area contributed by atoms with E-state index in [1.807, 2.05) is 12.1 Å². The molecule has 0 spiro atoms. The summed E-state index contributed by atoms with van der Waals surface area (Å²) in [4.78, 5) is 11.6. The Morgan fingerprint density at radius 2 is 2.00 bits per heavy atom. The van der Waals surface area contributed by atoms with E-state index < -0.39 is 0 Å². The fourth-order valence-electron chi connectivity index (χ4n) is 1.88. The number of nitro groups is 1. The quantitative estimate of drug-likeness (QED) is 0.458. The molecule has 2 aromatic carbocycles. The number of nitrogens with one attached hydrogen (secondary N) is 1. The maximum atomic E-state index is 11.0. The summed E-state index contributed by atoms with van der Waals surface area (Å²) in [6, 6.07) is 10.4. The highest BCUT2D eigenvalue weighted by molar-refractivity contribution is 7.98. The van der Waals surface area contributed by atoms with E-state index in [9.17, 15) is 10.1 Å². The zero-order chi connectivity index (χ0) is 15.4. The van der Waals surface area contributed by atoms with Crippen LogP contribution in [-0.2, 0) is 5.75 Å². The Bertz CT molecular complexity index is 680. The Morgan fingerprint density at radius 1 is 1.24 bits per heavy atom. The van der Waals surface area contributed by atoms with Gasteiger partial charge in [0.05, 0.1) is 15.0 Å². The number of anilines is 1. The Balaban J connectivity index is 2.21. The molecular weight excluding hydrogens is 331 g/mol. The van der Waals surface area contributed by atoms with Gasteiger partial charge in [-0.2, -0.15) is 0 Å². The lowest BCUT2D eigenvalue weighted by Gasteiger charge is -2.09. The third-order valence-corrected chi connectivity index (χ3v) is 4.64. The van der Waals surface area contributed by atoms with Crippen molar-refractivity contribution in [3.63, 3.8) is 0 Å². The molecule has 0 radical (unpaired) electrons. The van der Waals surface area contributed by atoms with Gasteiger partial charge >= 0.3 is 0 Å². The predicted octanol–water partition coefficient (Wildman–Crippen LogP) is 5.24. The maximum absolute atomic E-state index is 11.0. The largest absolute Gasteiger partial charge is 0.382 e. The molecule has 0 aromatic heterocycles. The van der Waals surface area contributed by atoms with Crippen molar-refractivity contribution in [3.8, 4) is 0 Å². The minimum atomic E-state index is -0.390. The molecule has 0 aliphatic heterocycles. The molecule has 0 saturated carbocycles. The molecule has 0 fully saturated rings. The van der Waals surface area contributed by atoms with Crippen molar-refractivity contribution in [2.45, 2.75) is 10.6 Å². The Morgan fingerprint density at radius 3 is 2.62 bits per heavy atom. The minimum Gasteiger partial charge on any atom is -0.382 e. The first-order valence-electron chi connectivity index (χ1n) is 6.05. The van der Waals surface area contributed by atoms with Gasteiger partial charge in [-0.15, -0.1) is 11.8 Å². The molecular formula is C14H12Cl2N2O2S. The number of para-hydroxylation sites is 1. The average Bonchev–Trinajstić information content (AvgIpc) is 2.47. The molecule has 4 nitrogen and oxygen atoms in total. The van der Waals surface area contributed by atoms with Crippen molar-refractivity contribution in [1.82, 2.24) is 0 Å². The van der Waals surface area contributed by atoms with Crippen molar-refractivity contribution in [2.24, 2.45) is 0 Å². The van der Waals surface area contributed by atoms with Crippen LogP contribution in [-0.4, -0.2) is 12.0 Å². The average molecular weight is 343 g/mol. The van der Waals surface area contributed by atoms with Crippen LogP contribution in [0.15, 0.2) is 41.3 Å². The Labute approximate surface area is 136 Å². The zero-order valence-corrected chi connectivity index (χ0v) is 13.4. The molecule has 0 bridgehead atoms. The first-order chi connectivity index (χ1) is 10.0. The van der Waals surface area contributed by atoms with Gasteiger partial charge in [0.2, 0.25) is 0 Å². The Hall–Kier alpha value is -1.43. The second-order valence-corrected chi connectivity index (χ2v) is 6.05. The van der Waals surface area contributed by atoms with E-state index >= 15 is 0 Å². The lowest BCUT2D eigenvalue weighted by molar-refractivity contribution is -0.384. The number of halogens is 2. The number of nitro benzene ring substituents is 1. The number of rotatable bonds is 5. The van der Waals surface area contributed by atoms with Crippen molar-refractivity contribution in [2.75, 3.05) is 12.4 Å². The van der Waals surface area contributed by atoms with Gasteiger partial charge in [-0.05, 0) is 23.8 Å². The molecule has 2 aromatic rings. The lowest BCUT2D eigenvalue weighted by atomic mass is 10.1. The summed E-state index contributed by atoms with van der Waals surface area (Å²) in [5.74, 6) is 0.593. The van der Waals surface area contributed by atoms with Gasteiger partial charge in [0.1, 0.15) is 5.69 Å². The van der Waals surface area contributed by atoms with Gasteiger partial charge in [0, 0.05) is 23.8 Å². The van der Waals surface area contributed by atoms with Crippen LogP contribution in [0.25, 0.3) is 0 Å². The number of benzene rings is 2. The number of hydrogen-bond acceptors (Lipinski definition) is 4. The summed E-state index contributed by atoms with van der Waals surface area (Å²) < 4.78 is 0. The van der Waals surface area contributed by atoms with Crippen LogP contribution in [0.1, 0.15) is 5.56 Å². The molecule has 0 heterocycles. The molecule has 7 heteroatoms. The molecule has 0 amide bonds. The van der Waals surface area contributed by atoms with E-state index in [0.29, 0.717) is 21.5 Å². The van der Waals surface area contributed by atoms with Crippen LogP contribution in [0.2, 0.25) is 10.0 Å². The first kappa shape index (κ1) is 15.9. The highest BCUT2D eigenvalue weighted by atomic mass is 35.5. The van der Waals surface area contributed by atoms with Crippen LogP contribution in [0.3, 0.4) is 0 Å². The predicted molar refractivity (Wildman–Crippen MR) is 88.7 cm³/mol. The molecule has 0 aliphatic rings. The number of hydrogen-bond donors (Lipinski definition) is 1. The van der Waals surface area contributed by atoms with Gasteiger partial charge in [0.25, 0.3) is 5.69 Å². The van der Waals surface area contributed by atoms with Crippen molar-refractivity contribution >= 4 is 46.3 Å². The molecule has 1 N–H and O–H groups in total. The van der Waals surface area contributed by atoms with E-state index in [2.05, 4.69) is 5.32 Å². The van der Waals surface area contributed by atoms with E-state index in [1.54, 1.807) is 37.0 Å². The smallest absolute Gasteiger partial charge is 0.292 e. The number of nitrogens with zero attached hydrogens (tertiary/aromatic N) is 1. The summed E-state index contributed by atoms with van der Waals surface area (Å²) in [5.41, 5.74) is 1.47. The molecule has 110 valence electrons. The molecule has 0 atom stereocenters. The van der Waals surface area contributed by atoms with Crippen LogP contribution < -0.4 is 5.32 Å². The summed E-state index contributed by atoms with van der Waals surface area (Å²) in [5, 5.41) is 14.9. The highest BCUT2D eigenvalue weighted by Crippen LogP contribution is 2.34. The standard InChI is InChI=1S/C14H12Cl2N2O2S/c1-17-14-9(3-2-4-13(14)18(19)20)8-21-10-5-6-11(15)12(16)7-10/h2-7,17H,8H2,1H3. The van der Waals surface area contributed by atoms with Crippen LogP contribution in [0.5, 0.6) is 0 Å². The molecule has 0 unspecified atom stereocenters. The van der Waals surface area contributed by atoms with Crippen LogP contribution >= 0.6 is 35.0 Å². The van der Waals surface area contributed by atoms with E-state index in [0.717, 1.165) is 10.5 Å². The fraction of sp³-hybridized carbons (Fsp3) is 0.143. The highest BCUT2D eigenvalue weighted by Gasteiger charge is 2.16. The fourth-order valence-corrected chi connectivity index (χ4v) is 3.17. The van der Waals surface area contributed by atoms with Gasteiger partial charge < -0.3 is 5.32 Å². The van der Waals surface area contributed by atoms with E-state index in [1.165, 1.54) is 6.07 Å². The van der Waals surface area contributed by atoms with Gasteiger partial charge in [0.15, 0.2) is 0 Å². The molecule has 2 rings (SSSR count). The maximum Gasteiger partial charge on any atom is 0.292 e. The van der Waals surface area contributed by atoms with Crippen molar-refractivity contribution < 1.29 is 4.92 Å². The molecule has 21 heavy (non-hydrogen) atoms. The summed E-state index contributed by atoms with van der Waals surface area (Å²) in [7, 11) is 1.68. The Kier molecular flexibility index (Phi) is 5.33. The van der Waals surface area contributed by atoms with Crippen LogP contribution in [0.4, 0.5) is 11.4 Å². The molecule has 0 aliphatic carbocycles. The summed E-state index contributed by atoms with van der Waals surface area (Å²) in [6.07, 6.45) is 0. The molecule has 0 saturated heterocycles. The lowest BCUT2D eigenvalue weighted by Crippen LogP contribution is -2.00. The topological polar surface area (TPSA) is 55.2 Å². The van der Waals surface area contributed by atoms with Crippen LogP contribution in [0, 0.1) is 10.1 Å². The summed E-state index contributed by atoms with van der Waals surface area (Å²) >= 11 is 13.4. The van der Waals surface area contributed by atoms with Gasteiger partial charge in [-0.25, -0.2) is 0 Å². The second-order valence-electron chi connectivity index (χ2n) is 4.18. The summed E-state index contributed by atoms with van der Waals surface area (Å²) in [6.45, 7) is 0. The first-order valence-corrected chi connectivity index (χ1v) is 7.79. The normalized spacial score (nSPS) is 10.4. The van der Waals surface area contributed by atoms with Gasteiger partial charge in [-0.3, -0.25) is 10.1 Å². The van der Waals surface area contributed by atoms with Crippen molar-refractivity contribution in [1.29, 1.82) is 0 Å². The minimum absolute atomic E-state index is 0.0738. The van der Waals surface area contributed by atoms with E-state index in [4.69, 9.17) is 23.2 Å². The van der Waals surface area contributed by atoms with E-state index in [-0.39, 0.29) is 10.6 Å². The van der Waals surface area contributed by atoms with Crippen molar-refractivity contribution in [3.05, 3.63) is 62.1 Å². The third-order valence-electron chi connectivity index (χ3n) is 2.86. The second kappa shape index (κ2) is 7.02. The zero-order valence-electron chi connectivity index (χ0n) is 11.1. The third kappa shape index (κ3) is 3.81. The monoisotopic (exact) mass is 342 g/mol.